The van der Waals surface area contributed by atoms with Crippen molar-refractivity contribution in [1.82, 2.24) is 19.7 Å². The summed E-state index contributed by atoms with van der Waals surface area (Å²) in [5.41, 5.74) is 0.454. The van der Waals surface area contributed by atoms with Crippen molar-refractivity contribution < 1.29 is 23.4 Å². The second-order valence-corrected chi connectivity index (χ2v) is 6.34. The summed E-state index contributed by atoms with van der Waals surface area (Å²) in [6.07, 6.45) is 1.83. The van der Waals surface area contributed by atoms with Crippen molar-refractivity contribution in [1.29, 1.82) is 0 Å². The predicted molar refractivity (Wildman–Crippen MR) is 91.9 cm³/mol. The van der Waals surface area contributed by atoms with Gasteiger partial charge in [-0.2, -0.15) is 10.1 Å². The number of hydrogen-bond donors (Lipinski definition) is 2. The average molecular weight is 381 g/mol. The molecule has 0 spiro atoms. The highest BCUT2D eigenvalue weighted by Gasteiger charge is 2.35. The maximum absolute atomic E-state index is 13.3. The van der Waals surface area contributed by atoms with Gasteiger partial charge in [-0.05, 0) is 25.8 Å². The fourth-order valence-corrected chi connectivity index (χ4v) is 2.88. The minimum atomic E-state index is -2.61. The number of carbonyl (C=O) groups excluding carboxylic acids is 1. The summed E-state index contributed by atoms with van der Waals surface area (Å²) in [6.45, 7) is 1.61. The fraction of sp³-hybridized carbons (Fsp3) is 0.529. The molecule has 0 atom stereocenters. The van der Waals surface area contributed by atoms with E-state index in [0.29, 0.717) is 24.4 Å². The van der Waals surface area contributed by atoms with E-state index in [2.05, 4.69) is 20.4 Å². The highest BCUT2D eigenvalue weighted by Crippen LogP contribution is 2.34. The van der Waals surface area contributed by atoms with Crippen LogP contribution in [-0.2, 0) is 11.3 Å². The van der Waals surface area contributed by atoms with E-state index in [1.165, 1.54) is 16.9 Å². The lowest BCUT2D eigenvalue weighted by atomic mass is 9.92. The van der Waals surface area contributed by atoms with Gasteiger partial charge in [0.2, 0.25) is 5.92 Å². The van der Waals surface area contributed by atoms with Gasteiger partial charge in [-0.3, -0.25) is 0 Å². The minimum absolute atomic E-state index is 0.110. The predicted octanol–water partition coefficient (Wildman–Crippen LogP) is 2.32. The van der Waals surface area contributed by atoms with Gasteiger partial charge in [0.05, 0.1) is 18.9 Å². The SMILES string of the molecule is CCOC(=O)c1ccn(-c2nc(CO)cc(NC3CCC(F)(F)CC3)n2)n1. The van der Waals surface area contributed by atoms with Crippen molar-refractivity contribution in [3.63, 3.8) is 0 Å². The number of carbonyl (C=O) groups is 1. The van der Waals surface area contributed by atoms with Crippen LogP contribution in [0.3, 0.4) is 0 Å². The van der Waals surface area contributed by atoms with Crippen LogP contribution in [0.15, 0.2) is 18.3 Å². The molecule has 1 fully saturated rings. The zero-order valence-electron chi connectivity index (χ0n) is 14.9. The Morgan fingerprint density at radius 2 is 2.15 bits per heavy atom. The molecule has 2 aromatic heterocycles. The van der Waals surface area contributed by atoms with E-state index in [1.54, 1.807) is 13.0 Å². The minimum Gasteiger partial charge on any atom is -0.461 e. The Bertz CT molecular complexity index is 802. The molecule has 2 aromatic rings. The van der Waals surface area contributed by atoms with Crippen molar-refractivity contribution in [3.05, 3.63) is 29.7 Å². The molecule has 1 aliphatic rings. The van der Waals surface area contributed by atoms with E-state index in [0.717, 1.165) is 0 Å². The van der Waals surface area contributed by atoms with Gasteiger partial charge in [0, 0.05) is 31.1 Å². The number of aliphatic hydroxyl groups excluding tert-OH is 1. The Morgan fingerprint density at radius 1 is 1.41 bits per heavy atom. The third-order valence-corrected chi connectivity index (χ3v) is 4.28. The molecule has 1 aliphatic carbocycles. The van der Waals surface area contributed by atoms with E-state index in [-0.39, 0.29) is 43.7 Å². The Hall–Kier alpha value is -2.62. The Kier molecular flexibility index (Phi) is 5.64. The number of aromatic nitrogens is 4. The molecule has 2 N–H and O–H groups in total. The van der Waals surface area contributed by atoms with Crippen molar-refractivity contribution >= 4 is 11.8 Å². The topological polar surface area (TPSA) is 102 Å². The second-order valence-electron chi connectivity index (χ2n) is 6.34. The molecule has 0 unspecified atom stereocenters. The number of aliphatic hydroxyl groups is 1. The number of hydrogen-bond acceptors (Lipinski definition) is 7. The fourth-order valence-electron chi connectivity index (χ4n) is 2.88. The van der Waals surface area contributed by atoms with Gasteiger partial charge in [-0.15, -0.1) is 0 Å². The van der Waals surface area contributed by atoms with Crippen LogP contribution in [0.5, 0.6) is 0 Å². The third-order valence-electron chi connectivity index (χ3n) is 4.28. The van der Waals surface area contributed by atoms with Crippen LogP contribution in [0, 0.1) is 0 Å². The first-order valence-corrected chi connectivity index (χ1v) is 8.76. The summed E-state index contributed by atoms with van der Waals surface area (Å²) in [5, 5.41) is 16.7. The van der Waals surface area contributed by atoms with Crippen molar-refractivity contribution in [2.75, 3.05) is 11.9 Å². The lowest BCUT2D eigenvalue weighted by molar-refractivity contribution is -0.0361. The van der Waals surface area contributed by atoms with E-state index < -0.39 is 11.9 Å². The first-order valence-electron chi connectivity index (χ1n) is 8.76. The molecule has 0 aliphatic heterocycles. The van der Waals surface area contributed by atoms with E-state index in [9.17, 15) is 18.7 Å². The number of halogens is 2. The number of nitrogens with one attached hydrogen (secondary N) is 1. The molecule has 0 saturated heterocycles. The standard InChI is InChI=1S/C17H21F2N5O3/c1-2-27-15(26)13-5-8-24(23-13)16-21-12(10-25)9-14(22-16)20-11-3-6-17(18,19)7-4-11/h5,8-9,11,25H,2-4,6-7,10H2,1H3,(H,20,21,22). The first-order chi connectivity index (χ1) is 12.9. The van der Waals surface area contributed by atoms with Crippen molar-refractivity contribution in [2.45, 2.75) is 51.2 Å². The molecule has 2 heterocycles. The average Bonchev–Trinajstić information content (AvgIpc) is 3.14. The maximum Gasteiger partial charge on any atom is 0.358 e. The quantitative estimate of drug-likeness (QED) is 0.741. The molecule has 0 bridgehead atoms. The molecule has 8 nitrogen and oxygen atoms in total. The van der Waals surface area contributed by atoms with Crippen LogP contribution in [0.4, 0.5) is 14.6 Å². The van der Waals surface area contributed by atoms with E-state index in [4.69, 9.17) is 4.74 Å². The summed E-state index contributed by atoms with van der Waals surface area (Å²) >= 11 is 0. The lowest BCUT2D eigenvalue weighted by Gasteiger charge is -2.29. The number of esters is 1. The maximum atomic E-state index is 13.3. The van der Waals surface area contributed by atoms with Gasteiger partial charge in [0.15, 0.2) is 5.69 Å². The van der Waals surface area contributed by atoms with Crippen LogP contribution >= 0.6 is 0 Å². The largest absolute Gasteiger partial charge is 0.461 e. The van der Waals surface area contributed by atoms with Gasteiger partial charge >= 0.3 is 5.97 Å². The molecule has 146 valence electrons. The van der Waals surface area contributed by atoms with Crippen LogP contribution in [0.1, 0.15) is 48.8 Å². The van der Waals surface area contributed by atoms with Gasteiger partial charge in [0.25, 0.3) is 5.95 Å². The van der Waals surface area contributed by atoms with Gasteiger partial charge in [-0.1, -0.05) is 0 Å². The van der Waals surface area contributed by atoms with Gasteiger partial charge < -0.3 is 15.2 Å². The summed E-state index contributed by atoms with van der Waals surface area (Å²) in [7, 11) is 0. The molecule has 10 heteroatoms. The summed E-state index contributed by atoms with van der Waals surface area (Å²) in [4.78, 5) is 20.3. The zero-order chi connectivity index (χ0) is 19.4. The molecule has 0 amide bonds. The highest BCUT2D eigenvalue weighted by atomic mass is 19.3. The number of alkyl halides is 2. The smallest absolute Gasteiger partial charge is 0.358 e. The monoisotopic (exact) mass is 381 g/mol. The molecule has 27 heavy (non-hydrogen) atoms. The molecule has 1 saturated carbocycles. The number of anilines is 1. The van der Waals surface area contributed by atoms with Crippen molar-refractivity contribution in [3.8, 4) is 5.95 Å². The van der Waals surface area contributed by atoms with E-state index in [1.807, 2.05) is 0 Å². The summed E-state index contributed by atoms with van der Waals surface area (Å²) in [5.74, 6) is -2.60. The van der Waals surface area contributed by atoms with Crippen LogP contribution < -0.4 is 5.32 Å². The van der Waals surface area contributed by atoms with Crippen LogP contribution in [-0.4, -0.2) is 49.4 Å². The van der Waals surface area contributed by atoms with E-state index >= 15 is 0 Å². The summed E-state index contributed by atoms with van der Waals surface area (Å²) < 4.78 is 32.8. The summed E-state index contributed by atoms with van der Waals surface area (Å²) in [6, 6.07) is 2.90. The molecular weight excluding hydrogens is 360 g/mol. The molecular formula is C17H21F2N5O3. The lowest BCUT2D eigenvalue weighted by Crippen LogP contribution is -2.32. The van der Waals surface area contributed by atoms with Crippen LogP contribution in [0.25, 0.3) is 5.95 Å². The number of ether oxygens (including phenoxy) is 1. The second kappa shape index (κ2) is 7.95. The molecule has 0 radical (unpaired) electrons. The highest BCUT2D eigenvalue weighted by molar-refractivity contribution is 5.87. The normalized spacial score (nSPS) is 16.9. The number of nitrogens with zero attached hydrogens (tertiary/aromatic N) is 4. The zero-order valence-corrected chi connectivity index (χ0v) is 14.9. The number of rotatable bonds is 6. The van der Waals surface area contributed by atoms with Gasteiger partial charge in [-0.25, -0.2) is 23.2 Å². The Balaban J connectivity index is 1.79. The first kappa shape index (κ1) is 19.2. The molecule has 3 rings (SSSR count). The van der Waals surface area contributed by atoms with Crippen molar-refractivity contribution in [2.24, 2.45) is 0 Å². The Morgan fingerprint density at radius 3 is 2.81 bits per heavy atom. The Labute approximate surface area is 154 Å². The van der Waals surface area contributed by atoms with Crippen LogP contribution in [0.2, 0.25) is 0 Å². The third kappa shape index (κ3) is 4.76. The van der Waals surface area contributed by atoms with Gasteiger partial charge in [0.1, 0.15) is 5.82 Å². The molecule has 0 aromatic carbocycles.